The van der Waals surface area contributed by atoms with Gasteiger partial charge in [-0.15, -0.1) is 14.5 Å². The van der Waals surface area contributed by atoms with Gasteiger partial charge in [-0.1, -0.05) is 30.3 Å². The lowest BCUT2D eigenvalue weighted by atomic mass is 9.99. The molecule has 0 radical (unpaired) electrons. The molecular weight excluding hydrogens is 420 g/mol. The van der Waals surface area contributed by atoms with Gasteiger partial charge in [-0.25, -0.2) is 14.6 Å². The number of hydrogen-bond acceptors (Lipinski definition) is 7. The Morgan fingerprint density at radius 1 is 1.06 bits per heavy atom. The molecule has 5 rings (SSSR count). The summed E-state index contributed by atoms with van der Waals surface area (Å²) in [5.41, 5.74) is 11.5. The standard InChI is InChI=1S/C22H22N10O/c1-13-11-16(12-14(2)24-13)18-19(15-7-5-4-6-8-15)25-21(23)32-20(18)27-31(22(32)33)10-9-17-26-28-29-30(17)3/h4-8,11-12H,9-10H2,1-3H3,(H2,23,24,25,27)/p+1. The number of anilines is 1. The third-order valence-corrected chi connectivity index (χ3v) is 5.50. The van der Waals surface area contributed by atoms with Crippen LogP contribution < -0.4 is 15.8 Å². The van der Waals surface area contributed by atoms with Gasteiger partial charge in [0.2, 0.25) is 5.65 Å². The van der Waals surface area contributed by atoms with Crippen LogP contribution >= 0.6 is 0 Å². The Balaban J connectivity index is 1.76. The van der Waals surface area contributed by atoms with Crippen molar-refractivity contribution in [1.29, 1.82) is 0 Å². The number of rotatable bonds is 5. The van der Waals surface area contributed by atoms with E-state index in [2.05, 4.69) is 30.6 Å². The molecule has 33 heavy (non-hydrogen) atoms. The summed E-state index contributed by atoms with van der Waals surface area (Å²) in [6.07, 6.45) is 0.471. The molecule has 166 valence electrons. The molecule has 0 spiro atoms. The van der Waals surface area contributed by atoms with Gasteiger partial charge in [0.15, 0.2) is 5.82 Å². The van der Waals surface area contributed by atoms with Crippen molar-refractivity contribution in [2.24, 2.45) is 7.05 Å². The van der Waals surface area contributed by atoms with Crippen molar-refractivity contribution in [2.75, 3.05) is 5.73 Å². The largest absolute Gasteiger partial charge is 0.428 e. The van der Waals surface area contributed by atoms with E-state index in [1.54, 1.807) is 11.7 Å². The first-order chi connectivity index (χ1) is 15.9. The van der Waals surface area contributed by atoms with Crippen molar-refractivity contribution in [1.82, 2.24) is 40.0 Å². The Morgan fingerprint density at radius 2 is 1.79 bits per heavy atom. The Kier molecular flexibility index (Phi) is 4.93. The van der Waals surface area contributed by atoms with Gasteiger partial charge >= 0.3 is 11.6 Å². The van der Waals surface area contributed by atoms with Crippen molar-refractivity contribution in [3.63, 3.8) is 0 Å². The number of aromatic nitrogens is 9. The van der Waals surface area contributed by atoms with Crippen LogP contribution in [-0.2, 0) is 20.0 Å². The van der Waals surface area contributed by atoms with Gasteiger partial charge in [0.05, 0.1) is 12.1 Å². The van der Waals surface area contributed by atoms with Gasteiger partial charge in [0.25, 0.3) is 0 Å². The minimum Gasteiger partial charge on any atom is -0.319 e. The SMILES string of the molecule is Cc1cc(-c2c(-c3ccccc3)nc(N)[n+]3c(=O)n(CCc4nnnn4C)[nH]c23)cc(C)n1. The number of pyridine rings is 1. The number of nitrogens with two attached hydrogens (primary N) is 1. The number of nitrogen functional groups attached to an aromatic ring is 1. The number of H-pyrrole nitrogens is 1. The molecule has 11 heteroatoms. The van der Waals surface area contributed by atoms with E-state index in [9.17, 15) is 4.79 Å². The fraction of sp³-hybridized carbons (Fsp3) is 0.227. The predicted octanol–water partition coefficient (Wildman–Crippen LogP) is 1.00. The van der Waals surface area contributed by atoms with Crippen LogP contribution in [0.5, 0.6) is 0 Å². The highest BCUT2D eigenvalue weighted by Crippen LogP contribution is 2.33. The first-order valence-electron chi connectivity index (χ1n) is 10.5. The Bertz CT molecular complexity index is 1510. The maximum atomic E-state index is 13.3. The maximum Gasteiger partial charge on any atom is 0.428 e. The van der Waals surface area contributed by atoms with E-state index in [-0.39, 0.29) is 11.6 Å². The second-order valence-corrected chi connectivity index (χ2v) is 7.90. The normalized spacial score (nSPS) is 11.4. The molecule has 0 saturated heterocycles. The van der Waals surface area contributed by atoms with Crippen LogP contribution in [0.4, 0.5) is 5.95 Å². The minimum absolute atomic E-state index is 0.107. The van der Waals surface area contributed by atoms with Crippen molar-refractivity contribution in [2.45, 2.75) is 26.8 Å². The predicted molar refractivity (Wildman–Crippen MR) is 121 cm³/mol. The molecule has 0 fully saturated rings. The molecule has 0 amide bonds. The number of nitrogens with zero attached hydrogens (tertiary/aromatic N) is 8. The van der Waals surface area contributed by atoms with E-state index in [1.165, 1.54) is 9.08 Å². The highest BCUT2D eigenvalue weighted by molar-refractivity contribution is 5.88. The molecule has 0 unspecified atom stereocenters. The summed E-state index contributed by atoms with van der Waals surface area (Å²) in [5.74, 6) is 0.776. The van der Waals surface area contributed by atoms with Crippen LogP contribution in [0.2, 0.25) is 0 Å². The zero-order valence-electron chi connectivity index (χ0n) is 18.5. The number of aromatic amines is 1. The fourth-order valence-electron chi connectivity index (χ4n) is 4.04. The minimum atomic E-state index is -0.312. The first-order valence-corrected chi connectivity index (χ1v) is 10.5. The third kappa shape index (κ3) is 3.63. The molecule has 4 heterocycles. The van der Waals surface area contributed by atoms with E-state index in [0.717, 1.165) is 28.1 Å². The van der Waals surface area contributed by atoms with E-state index in [4.69, 9.17) is 5.73 Å². The lowest BCUT2D eigenvalue weighted by molar-refractivity contribution is -0.516. The van der Waals surface area contributed by atoms with E-state index in [0.29, 0.717) is 30.1 Å². The number of fused-ring (bicyclic) bond motifs is 1. The quantitative estimate of drug-likeness (QED) is 0.387. The number of benzene rings is 1. The summed E-state index contributed by atoms with van der Waals surface area (Å²) in [6, 6.07) is 13.7. The van der Waals surface area contributed by atoms with Gasteiger partial charge in [0.1, 0.15) is 5.69 Å². The molecule has 0 aliphatic heterocycles. The smallest absolute Gasteiger partial charge is 0.319 e. The van der Waals surface area contributed by atoms with E-state index in [1.807, 2.05) is 56.3 Å². The van der Waals surface area contributed by atoms with Crippen LogP contribution in [0, 0.1) is 13.8 Å². The van der Waals surface area contributed by atoms with Crippen molar-refractivity contribution in [3.8, 4) is 22.4 Å². The second kappa shape index (κ2) is 7.93. The Labute approximate surface area is 188 Å². The molecule has 0 aliphatic rings. The molecular formula is C22H23N10O+. The lowest BCUT2D eigenvalue weighted by Gasteiger charge is -2.10. The summed E-state index contributed by atoms with van der Waals surface area (Å²) < 4.78 is 4.49. The molecule has 0 bridgehead atoms. The van der Waals surface area contributed by atoms with Crippen molar-refractivity contribution < 1.29 is 4.40 Å². The molecule has 0 saturated carbocycles. The average Bonchev–Trinajstić information content (AvgIpc) is 3.34. The van der Waals surface area contributed by atoms with Crippen molar-refractivity contribution in [3.05, 3.63) is 70.2 Å². The summed E-state index contributed by atoms with van der Waals surface area (Å²) in [4.78, 5) is 22.4. The lowest BCUT2D eigenvalue weighted by Crippen LogP contribution is -2.44. The summed E-state index contributed by atoms with van der Waals surface area (Å²) in [6.45, 7) is 4.23. The van der Waals surface area contributed by atoms with Gasteiger partial charge < -0.3 is 5.73 Å². The third-order valence-electron chi connectivity index (χ3n) is 5.50. The van der Waals surface area contributed by atoms with Gasteiger partial charge in [-0.3, -0.25) is 4.98 Å². The first kappa shape index (κ1) is 20.5. The number of nitrogens with one attached hydrogen (secondary N) is 1. The number of aryl methyl sites for hydroxylation is 5. The van der Waals surface area contributed by atoms with Gasteiger partial charge in [0, 0.05) is 30.4 Å². The number of tetrazole rings is 1. The van der Waals surface area contributed by atoms with Crippen LogP contribution in [0.25, 0.3) is 28.0 Å². The van der Waals surface area contributed by atoms with Crippen LogP contribution in [0.15, 0.2) is 47.3 Å². The topological polar surface area (TPSA) is 137 Å². The maximum absolute atomic E-state index is 13.3. The van der Waals surface area contributed by atoms with E-state index >= 15 is 0 Å². The molecule has 4 aromatic heterocycles. The van der Waals surface area contributed by atoms with Gasteiger partial charge in [-0.2, -0.15) is 4.68 Å². The summed E-state index contributed by atoms with van der Waals surface area (Å²) >= 11 is 0. The summed E-state index contributed by atoms with van der Waals surface area (Å²) in [5, 5.41) is 14.7. The van der Waals surface area contributed by atoms with Crippen LogP contribution in [0.1, 0.15) is 17.2 Å². The highest BCUT2D eigenvalue weighted by Gasteiger charge is 2.26. The monoisotopic (exact) mass is 443 g/mol. The van der Waals surface area contributed by atoms with E-state index < -0.39 is 0 Å². The molecule has 11 nitrogen and oxygen atoms in total. The molecule has 3 N–H and O–H groups in total. The average molecular weight is 443 g/mol. The molecule has 0 aliphatic carbocycles. The Hall–Kier alpha value is -4.41. The Morgan fingerprint density at radius 3 is 2.45 bits per heavy atom. The van der Waals surface area contributed by atoms with Crippen LogP contribution in [0.3, 0.4) is 0 Å². The number of hydrogen-bond donors (Lipinski definition) is 2. The highest BCUT2D eigenvalue weighted by atomic mass is 16.2. The van der Waals surface area contributed by atoms with Crippen molar-refractivity contribution >= 4 is 11.6 Å². The fourth-order valence-corrected chi connectivity index (χ4v) is 4.04. The zero-order valence-corrected chi connectivity index (χ0v) is 18.5. The molecule has 1 aromatic carbocycles. The summed E-state index contributed by atoms with van der Waals surface area (Å²) in [7, 11) is 1.76. The molecule has 5 aromatic rings. The van der Waals surface area contributed by atoms with Gasteiger partial charge in [-0.05, 0) is 42.0 Å². The second-order valence-electron chi connectivity index (χ2n) is 7.90. The molecule has 0 atom stereocenters. The zero-order chi connectivity index (χ0) is 23.1. The van der Waals surface area contributed by atoms with Crippen LogP contribution in [-0.4, -0.2) is 40.0 Å².